The largest absolute Gasteiger partial charge is 0.409 e. The highest BCUT2D eigenvalue weighted by Gasteiger charge is 2.59. The lowest BCUT2D eigenvalue weighted by molar-refractivity contribution is -0.137. The van der Waals surface area contributed by atoms with Gasteiger partial charge in [-0.1, -0.05) is 51.1 Å². The monoisotopic (exact) mass is 375 g/mol. The van der Waals surface area contributed by atoms with E-state index in [0.29, 0.717) is 13.1 Å². The molecule has 0 bridgehead atoms. The van der Waals surface area contributed by atoms with Gasteiger partial charge in [0.25, 0.3) is 0 Å². The molecule has 0 aromatic heterocycles. The average Bonchev–Trinajstić information content (AvgIpc) is 3.24. The molecule has 2 aliphatic rings. The van der Waals surface area contributed by atoms with E-state index in [-0.39, 0.29) is 16.9 Å². The van der Waals surface area contributed by atoms with Crippen LogP contribution in [0.1, 0.15) is 45.6 Å². The van der Waals surface area contributed by atoms with Crippen molar-refractivity contribution in [2.24, 2.45) is 5.92 Å². The van der Waals surface area contributed by atoms with Gasteiger partial charge in [-0.2, -0.15) is 0 Å². The predicted molar refractivity (Wildman–Crippen MR) is 106 cm³/mol. The van der Waals surface area contributed by atoms with Gasteiger partial charge in [-0.05, 0) is 43.0 Å². The Labute approximate surface area is 158 Å². The Hall–Kier alpha value is -1.17. The minimum Gasteiger partial charge on any atom is -0.409 e. The van der Waals surface area contributed by atoms with Crippen molar-refractivity contribution >= 4 is 14.2 Å². The highest BCUT2D eigenvalue weighted by Crippen LogP contribution is 2.51. The van der Waals surface area contributed by atoms with E-state index in [1.165, 1.54) is 0 Å². The molecule has 1 saturated carbocycles. The Morgan fingerprint density at radius 1 is 1.27 bits per heavy atom. The van der Waals surface area contributed by atoms with E-state index < -0.39 is 20.0 Å². The zero-order valence-corrected chi connectivity index (χ0v) is 17.8. The van der Waals surface area contributed by atoms with Crippen molar-refractivity contribution in [1.82, 2.24) is 4.90 Å². The number of benzene rings is 1. The fourth-order valence-electron chi connectivity index (χ4n) is 3.63. The number of aliphatic hydroxyl groups excluding tert-OH is 1. The molecule has 1 aromatic rings. The standard InChI is InChI=1S/C21H33NO3Si/c1-20(2,3)26(4,5)25-21(12-13-21)18(23)17-11-14-22(19(17)24)15-16-9-7-6-8-10-16/h6-10,17-18,23H,11-15H2,1-5H3. The molecule has 4 nitrogen and oxygen atoms in total. The van der Waals surface area contributed by atoms with Gasteiger partial charge in [0.2, 0.25) is 5.91 Å². The van der Waals surface area contributed by atoms with Gasteiger partial charge in [-0.15, -0.1) is 0 Å². The van der Waals surface area contributed by atoms with Crippen molar-refractivity contribution in [1.29, 1.82) is 0 Å². The Morgan fingerprint density at radius 2 is 1.88 bits per heavy atom. The summed E-state index contributed by atoms with van der Waals surface area (Å²) in [7, 11) is -1.98. The van der Waals surface area contributed by atoms with Crippen LogP contribution in [0.15, 0.2) is 30.3 Å². The Morgan fingerprint density at radius 3 is 2.42 bits per heavy atom. The lowest BCUT2D eigenvalue weighted by Crippen LogP contribution is -2.51. The first-order valence-corrected chi connectivity index (χ1v) is 12.7. The molecule has 3 rings (SSSR count). The van der Waals surface area contributed by atoms with Gasteiger partial charge in [0.05, 0.1) is 17.6 Å². The molecule has 1 aliphatic carbocycles. The van der Waals surface area contributed by atoms with Gasteiger partial charge in [0.1, 0.15) is 0 Å². The minimum atomic E-state index is -1.98. The number of hydrogen-bond donors (Lipinski definition) is 1. The van der Waals surface area contributed by atoms with E-state index in [9.17, 15) is 9.90 Å². The third-order valence-electron chi connectivity index (χ3n) is 6.48. The molecule has 144 valence electrons. The van der Waals surface area contributed by atoms with Crippen molar-refractivity contribution in [3.05, 3.63) is 35.9 Å². The molecule has 0 radical (unpaired) electrons. The highest BCUT2D eigenvalue weighted by molar-refractivity contribution is 6.74. The Balaban J connectivity index is 1.67. The molecule has 26 heavy (non-hydrogen) atoms. The van der Waals surface area contributed by atoms with E-state index >= 15 is 0 Å². The maximum atomic E-state index is 12.9. The maximum Gasteiger partial charge on any atom is 0.228 e. The van der Waals surface area contributed by atoms with Gasteiger partial charge in [-0.3, -0.25) is 4.79 Å². The number of hydrogen-bond acceptors (Lipinski definition) is 3. The van der Waals surface area contributed by atoms with Crippen molar-refractivity contribution < 1.29 is 14.3 Å². The molecule has 1 heterocycles. The summed E-state index contributed by atoms with van der Waals surface area (Å²) in [5.41, 5.74) is 0.640. The number of carbonyl (C=O) groups excluding carboxylic acids is 1. The Kier molecular flexibility index (Phi) is 5.10. The van der Waals surface area contributed by atoms with E-state index in [1.54, 1.807) is 0 Å². The summed E-state index contributed by atoms with van der Waals surface area (Å²) in [5, 5.41) is 11.2. The van der Waals surface area contributed by atoms with Crippen molar-refractivity contribution in [3.63, 3.8) is 0 Å². The lowest BCUT2D eigenvalue weighted by atomic mass is 9.95. The van der Waals surface area contributed by atoms with Crippen LogP contribution in [-0.4, -0.2) is 42.5 Å². The number of carbonyl (C=O) groups is 1. The van der Waals surface area contributed by atoms with Crippen LogP contribution in [0.4, 0.5) is 0 Å². The second-order valence-corrected chi connectivity index (χ2v) is 14.2. The van der Waals surface area contributed by atoms with Crippen LogP contribution in [0.25, 0.3) is 0 Å². The summed E-state index contributed by atoms with van der Waals surface area (Å²) in [6.45, 7) is 12.4. The third-order valence-corrected chi connectivity index (χ3v) is 11.0. The summed E-state index contributed by atoms with van der Waals surface area (Å²) < 4.78 is 6.60. The molecule has 1 saturated heterocycles. The highest BCUT2D eigenvalue weighted by atomic mass is 28.4. The summed E-state index contributed by atoms with van der Waals surface area (Å²) in [6.07, 6.45) is 1.76. The van der Waals surface area contributed by atoms with E-state index in [1.807, 2.05) is 35.2 Å². The van der Waals surface area contributed by atoms with Crippen LogP contribution in [0.2, 0.25) is 18.1 Å². The van der Waals surface area contributed by atoms with Gasteiger partial charge in [-0.25, -0.2) is 0 Å². The molecular formula is C21H33NO3Si. The number of nitrogens with zero attached hydrogens (tertiary/aromatic N) is 1. The first-order chi connectivity index (χ1) is 12.1. The molecule has 2 fully saturated rings. The SMILES string of the molecule is CC(C)(C)[Si](C)(C)OC1(C(O)C2CCN(Cc3ccccc3)C2=O)CC1. The van der Waals surface area contributed by atoms with Crippen LogP contribution < -0.4 is 0 Å². The molecular weight excluding hydrogens is 342 g/mol. The van der Waals surface area contributed by atoms with Gasteiger partial charge in [0.15, 0.2) is 8.32 Å². The molecule has 2 atom stereocenters. The maximum absolute atomic E-state index is 12.9. The van der Waals surface area contributed by atoms with Crippen molar-refractivity contribution in [2.45, 2.75) is 76.4 Å². The summed E-state index contributed by atoms with van der Waals surface area (Å²) >= 11 is 0. The quantitative estimate of drug-likeness (QED) is 0.766. The van der Waals surface area contributed by atoms with E-state index in [0.717, 1.165) is 24.8 Å². The fourth-order valence-corrected chi connectivity index (χ4v) is 5.27. The number of amides is 1. The van der Waals surface area contributed by atoms with Crippen molar-refractivity contribution in [3.8, 4) is 0 Å². The number of aliphatic hydroxyl groups is 1. The second-order valence-electron chi connectivity index (χ2n) is 9.51. The van der Waals surface area contributed by atoms with Crippen molar-refractivity contribution in [2.75, 3.05) is 6.54 Å². The predicted octanol–water partition coefficient (Wildman–Crippen LogP) is 3.95. The fraction of sp³-hybridized carbons (Fsp3) is 0.667. The molecule has 1 aromatic carbocycles. The lowest BCUT2D eigenvalue weighted by Gasteiger charge is -2.41. The van der Waals surface area contributed by atoms with Crippen LogP contribution in [0.5, 0.6) is 0 Å². The number of rotatable bonds is 6. The Bertz CT molecular complexity index is 649. The normalized spacial score (nSPS) is 24.0. The van der Waals surface area contributed by atoms with Crippen LogP contribution in [-0.2, 0) is 15.8 Å². The smallest absolute Gasteiger partial charge is 0.228 e. The molecule has 1 N–H and O–H groups in total. The van der Waals surface area contributed by atoms with Crippen LogP contribution in [0, 0.1) is 5.92 Å². The summed E-state index contributed by atoms with van der Waals surface area (Å²) in [5.74, 6) is -0.252. The van der Waals surface area contributed by atoms with Gasteiger partial charge in [0, 0.05) is 13.1 Å². The minimum absolute atomic E-state index is 0.0754. The van der Waals surface area contributed by atoms with E-state index in [4.69, 9.17) is 4.43 Å². The molecule has 5 heteroatoms. The average molecular weight is 376 g/mol. The van der Waals surface area contributed by atoms with Gasteiger partial charge < -0.3 is 14.4 Å². The third kappa shape index (κ3) is 3.75. The molecule has 0 spiro atoms. The zero-order valence-electron chi connectivity index (χ0n) is 16.8. The van der Waals surface area contributed by atoms with Gasteiger partial charge >= 0.3 is 0 Å². The van der Waals surface area contributed by atoms with Crippen LogP contribution >= 0.6 is 0 Å². The first-order valence-electron chi connectivity index (χ1n) is 9.77. The zero-order chi connectivity index (χ0) is 19.2. The summed E-state index contributed by atoms with van der Waals surface area (Å²) in [4.78, 5) is 14.8. The second kappa shape index (κ2) is 6.77. The van der Waals surface area contributed by atoms with E-state index in [2.05, 4.69) is 33.9 Å². The summed E-state index contributed by atoms with van der Waals surface area (Å²) in [6, 6.07) is 10.1. The first kappa shape index (κ1) is 19.6. The van der Waals surface area contributed by atoms with Crippen LogP contribution in [0.3, 0.4) is 0 Å². The molecule has 1 aliphatic heterocycles. The molecule has 2 unspecified atom stereocenters. The molecule has 1 amide bonds. The number of likely N-dealkylation sites (tertiary alicyclic amines) is 1. The topological polar surface area (TPSA) is 49.8 Å².